The van der Waals surface area contributed by atoms with Gasteiger partial charge in [-0.2, -0.15) is 0 Å². The van der Waals surface area contributed by atoms with Crippen LogP contribution in [-0.4, -0.2) is 20.0 Å². The zero-order valence-electron chi connectivity index (χ0n) is 11.3. The summed E-state index contributed by atoms with van der Waals surface area (Å²) in [5.41, 5.74) is 1.39. The summed E-state index contributed by atoms with van der Waals surface area (Å²) in [6.45, 7) is 0. The monoisotopic (exact) mass is 270 g/mol. The van der Waals surface area contributed by atoms with Gasteiger partial charge in [0.25, 0.3) is 0 Å². The van der Waals surface area contributed by atoms with Gasteiger partial charge in [0.05, 0.1) is 19.8 Å². The van der Waals surface area contributed by atoms with Gasteiger partial charge in [0, 0.05) is 18.1 Å². The molecule has 0 aromatic heterocycles. The Hall–Kier alpha value is -2.49. The zero-order valence-corrected chi connectivity index (χ0v) is 11.3. The van der Waals surface area contributed by atoms with Crippen molar-refractivity contribution in [2.75, 3.05) is 14.2 Å². The van der Waals surface area contributed by atoms with Crippen LogP contribution in [0.2, 0.25) is 0 Å². The Labute approximate surface area is 116 Å². The fraction of sp³-hybridized carbons (Fsp3) is 0.188. The first-order chi connectivity index (χ1) is 9.72. The Morgan fingerprint density at radius 1 is 1.00 bits per heavy atom. The first-order valence-electron chi connectivity index (χ1n) is 6.28. The lowest BCUT2D eigenvalue weighted by atomic mass is 10.0. The van der Waals surface area contributed by atoms with Crippen LogP contribution in [0, 0.1) is 0 Å². The Morgan fingerprint density at radius 2 is 1.70 bits per heavy atom. The first-order valence-corrected chi connectivity index (χ1v) is 6.28. The van der Waals surface area contributed by atoms with Crippen LogP contribution in [-0.2, 0) is 6.42 Å². The van der Waals surface area contributed by atoms with Gasteiger partial charge in [-0.15, -0.1) is 0 Å². The third kappa shape index (κ3) is 1.99. The van der Waals surface area contributed by atoms with E-state index in [9.17, 15) is 4.79 Å². The minimum absolute atomic E-state index is 0.00547. The van der Waals surface area contributed by atoms with Gasteiger partial charge in [-0.1, -0.05) is 18.2 Å². The van der Waals surface area contributed by atoms with Crippen molar-refractivity contribution >= 4 is 5.78 Å². The average molecular weight is 270 g/mol. The number of rotatable bonds is 2. The molecule has 0 radical (unpaired) electrons. The molecule has 4 nitrogen and oxygen atoms in total. The molecule has 4 heteroatoms. The van der Waals surface area contributed by atoms with Crippen molar-refractivity contribution < 1.29 is 19.0 Å². The van der Waals surface area contributed by atoms with Gasteiger partial charge in [-0.05, 0) is 12.1 Å². The second-order valence-corrected chi connectivity index (χ2v) is 4.51. The standard InChI is InChI=1S/C16H14O4/c1-18-15-8-11-12(17)7-10-5-3-4-6-13(10)20-14(11)9-16(15)19-2/h3-6,8-9H,7H2,1-2H3. The quantitative estimate of drug-likeness (QED) is 0.840. The molecule has 3 rings (SSSR count). The second kappa shape index (κ2) is 4.89. The lowest BCUT2D eigenvalue weighted by Gasteiger charge is -2.12. The highest BCUT2D eigenvalue weighted by atomic mass is 16.5. The number of ketones is 1. The van der Waals surface area contributed by atoms with E-state index in [1.165, 1.54) is 0 Å². The molecule has 102 valence electrons. The van der Waals surface area contributed by atoms with Crippen molar-refractivity contribution in [2.24, 2.45) is 0 Å². The predicted octanol–water partition coefficient (Wildman–Crippen LogP) is 3.23. The number of carbonyl (C=O) groups is 1. The maximum Gasteiger partial charge on any atom is 0.171 e. The van der Waals surface area contributed by atoms with Crippen molar-refractivity contribution in [3.05, 3.63) is 47.5 Å². The molecule has 0 saturated carbocycles. The summed E-state index contributed by atoms with van der Waals surface area (Å²) in [5, 5.41) is 0. The summed E-state index contributed by atoms with van der Waals surface area (Å²) in [6, 6.07) is 10.9. The van der Waals surface area contributed by atoms with E-state index in [0.29, 0.717) is 35.0 Å². The van der Waals surface area contributed by atoms with Gasteiger partial charge in [0.15, 0.2) is 17.3 Å². The number of methoxy groups -OCH3 is 2. The van der Waals surface area contributed by atoms with Gasteiger partial charge in [-0.25, -0.2) is 0 Å². The predicted molar refractivity (Wildman–Crippen MR) is 74.1 cm³/mol. The molecular formula is C16H14O4. The van der Waals surface area contributed by atoms with Crippen molar-refractivity contribution in [3.63, 3.8) is 0 Å². The normalized spacial score (nSPS) is 12.8. The number of para-hydroxylation sites is 1. The van der Waals surface area contributed by atoms with E-state index in [2.05, 4.69) is 0 Å². The summed E-state index contributed by atoms with van der Waals surface area (Å²) < 4.78 is 16.3. The van der Waals surface area contributed by atoms with Crippen LogP contribution < -0.4 is 14.2 Å². The van der Waals surface area contributed by atoms with E-state index in [0.717, 1.165) is 5.56 Å². The van der Waals surface area contributed by atoms with Crippen molar-refractivity contribution in [3.8, 4) is 23.0 Å². The van der Waals surface area contributed by atoms with E-state index < -0.39 is 0 Å². The largest absolute Gasteiger partial charge is 0.493 e. The molecule has 0 atom stereocenters. The van der Waals surface area contributed by atoms with E-state index in [4.69, 9.17) is 14.2 Å². The molecule has 20 heavy (non-hydrogen) atoms. The number of benzene rings is 2. The lowest BCUT2D eigenvalue weighted by Crippen LogP contribution is -2.03. The molecule has 0 saturated heterocycles. The summed E-state index contributed by atoms with van der Waals surface area (Å²) >= 11 is 0. The molecule has 2 aromatic rings. The molecule has 1 aliphatic heterocycles. The van der Waals surface area contributed by atoms with Crippen molar-refractivity contribution in [1.82, 2.24) is 0 Å². The van der Waals surface area contributed by atoms with Gasteiger partial charge >= 0.3 is 0 Å². The number of Topliss-reactive ketones (excluding diaryl/α,β-unsaturated/α-hetero) is 1. The number of carbonyl (C=O) groups excluding carboxylic acids is 1. The lowest BCUT2D eigenvalue weighted by molar-refractivity contribution is 0.0993. The minimum atomic E-state index is 0.00547. The van der Waals surface area contributed by atoms with E-state index in [1.54, 1.807) is 26.4 Å². The molecule has 0 aliphatic carbocycles. The third-order valence-electron chi connectivity index (χ3n) is 3.33. The van der Waals surface area contributed by atoms with Crippen LogP contribution in [0.3, 0.4) is 0 Å². The molecule has 1 heterocycles. The fourth-order valence-electron chi connectivity index (χ4n) is 2.30. The van der Waals surface area contributed by atoms with E-state index in [1.807, 2.05) is 24.3 Å². The molecule has 0 spiro atoms. The summed E-state index contributed by atoms with van der Waals surface area (Å²) in [7, 11) is 3.09. The van der Waals surface area contributed by atoms with Crippen LogP contribution in [0.4, 0.5) is 0 Å². The highest BCUT2D eigenvalue weighted by Crippen LogP contribution is 2.40. The molecule has 1 aliphatic rings. The van der Waals surface area contributed by atoms with Gasteiger partial charge in [0.2, 0.25) is 0 Å². The Bertz CT molecular complexity index is 676. The van der Waals surface area contributed by atoms with Gasteiger partial charge < -0.3 is 14.2 Å². The SMILES string of the molecule is COc1cc2c(cc1OC)C(=O)Cc1ccccc1O2. The molecule has 0 unspecified atom stereocenters. The number of ether oxygens (including phenoxy) is 3. The maximum atomic E-state index is 12.4. The molecule has 0 bridgehead atoms. The fourth-order valence-corrected chi connectivity index (χ4v) is 2.30. The maximum absolute atomic E-state index is 12.4. The average Bonchev–Trinajstić information content (AvgIpc) is 2.61. The van der Waals surface area contributed by atoms with Crippen LogP contribution in [0.25, 0.3) is 0 Å². The third-order valence-corrected chi connectivity index (χ3v) is 3.33. The summed E-state index contributed by atoms with van der Waals surface area (Å²) in [6.07, 6.45) is 0.318. The smallest absolute Gasteiger partial charge is 0.171 e. The number of fused-ring (bicyclic) bond motifs is 2. The van der Waals surface area contributed by atoms with Gasteiger partial charge in [-0.3, -0.25) is 4.79 Å². The molecule has 2 aromatic carbocycles. The Morgan fingerprint density at radius 3 is 2.45 bits per heavy atom. The van der Waals surface area contributed by atoms with Gasteiger partial charge in [0.1, 0.15) is 11.5 Å². The highest BCUT2D eigenvalue weighted by molar-refractivity contribution is 6.01. The van der Waals surface area contributed by atoms with E-state index >= 15 is 0 Å². The number of hydrogen-bond donors (Lipinski definition) is 0. The molecule has 0 fully saturated rings. The van der Waals surface area contributed by atoms with Crippen LogP contribution in [0.1, 0.15) is 15.9 Å². The number of hydrogen-bond acceptors (Lipinski definition) is 4. The van der Waals surface area contributed by atoms with Crippen molar-refractivity contribution in [1.29, 1.82) is 0 Å². The Kier molecular flexibility index (Phi) is 3.06. The first kappa shape index (κ1) is 12.5. The Balaban J connectivity index is 2.16. The highest BCUT2D eigenvalue weighted by Gasteiger charge is 2.23. The van der Waals surface area contributed by atoms with Crippen molar-refractivity contribution in [2.45, 2.75) is 6.42 Å². The van der Waals surface area contributed by atoms with E-state index in [-0.39, 0.29) is 5.78 Å². The molecule has 0 N–H and O–H groups in total. The van der Waals surface area contributed by atoms with Crippen LogP contribution in [0.5, 0.6) is 23.0 Å². The molecular weight excluding hydrogens is 256 g/mol. The van der Waals surface area contributed by atoms with Crippen LogP contribution in [0.15, 0.2) is 36.4 Å². The van der Waals surface area contributed by atoms with Crippen LogP contribution >= 0.6 is 0 Å². The second-order valence-electron chi connectivity index (χ2n) is 4.51. The zero-order chi connectivity index (χ0) is 14.1. The minimum Gasteiger partial charge on any atom is -0.493 e. The summed E-state index contributed by atoms with van der Waals surface area (Å²) in [5.74, 6) is 2.27. The topological polar surface area (TPSA) is 44.8 Å². The molecule has 0 amide bonds. The summed E-state index contributed by atoms with van der Waals surface area (Å²) in [4.78, 5) is 12.4.